The summed E-state index contributed by atoms with van der Waals surface area (Å²) in [5.74, 6) is 0. The van der Waals surface area contributed by atoms with E-state index in [1.54, 1.807) is 11.3 Å². The van der Waals surface area contributed by atoms with Crippen LogP contribution in [0.25, 0.3) is 0 Å². The molecule has 0 spiro atoms. The van der Waals surface area contributed by atoms with Gasteiger partial charge >= 0.3 is 0 Å². The van der Waals surface area contributed by atoms with Crippen molar-refractivity contribution in [1.82, 2.24) is 0 Å². The maximum Gasteiger partial charge on any atom is 0.0701 e. The minimum absolute atomic E-state index is 0.911. The lowest BCUT2D eigenvalue weighted by molar-refractivity contribution is 0.927. The van der Waals surface area contributed by atoms with Crippen molar-refractivity contribution in [2.45, 2.75) is 11.9 Å². The van der Waals surface area contributed by atoms with Gasteiger partial charge in [-0.3, -0.25) is 0 Å². The summed E-state index contributed by atoms with van der Waals surface area (Å²) in [5, 5.41) is 3.10. The van der Waals surface area contributed by atoms with Gasteiger partial charge in [0.2, 0.25) is 0 Å². The quantitative estimate of drug-likeness (QED) is 0.677. The van der Waals surface area contributed by atoms with Crippen LogP contribution in [0.5, 0.6) is 0 Å². The second kappa shape index (κ2) is 6.03. The number of nitrogens with zero attached hydrogens (tertiary/aromatic N) is 1. The van der Waals surface area contributed by atoms with Gasteiger partial charge in [0, 0.05) is 24.6 Å². The Morgan fingerprint density at radius 2 is 1.88 bits per heavy atom. The number of hydrogen-bond donors (Lipinski definition) is 0. The molecule has 2 rings (SSSR count). The first-order chi connectivity index (χ1) is 8.19. The van der Waals surface area contributed by atoms with Crippen LogP contribution in [0, 0.1) is 0 Å². The molecule has 0 bridgehead atoms. The van der Waals surface area contributed by atoms with Crippen LogP contribution in [0.1, 0.15) is 11.1 Å². The Morgan fingerprint density at radius 1 is 1.18 bits per heavy atom. The van der Waals surface area contributed by atoms with Gasteiger partial charge in [0.05, 0.1) is 3.79 Å². The maximum atomic E-state index is 3.49. The maximum absolute atomic E-state index is 3.49. The molecule has 17 heavy (non-hydrogen) atoms. The molecule has 4 heteroatoms. The molecule has 1 heterocycles. The number of benzene rings is 1. The van der Waals surface area contributed by atoms with Gasteiger partial charge in [-0.15, -0.1) is 11.3 Å². The Labute approximate surface area is 123 Å². The van der Waals surface area contributed by atoms with Crippen molar-refractivity contribution in [3.05, 3.63) is 50.6 Å². The van der Waals surface area contributed by atoms with Gasteiger partial charge in [0.25, 0.3) is 0 Å². The first-order valence-corrected chi connectivity index (χ1v) is 8.07. The van der Waals surface area contributed by atoms with E-state index in [9.17, 15) is 0 Å². The summed E-state index contributed by atoms with van der Waals surface area (Å²) in [6.45, 7) is 0.940. The Morgan fingerprint density at radius 3 is 2.41 bits per heavy atom. The highest BCUT2D eigenvalue weighted by Crippen LogP contribution is 2.23. The van der Waals surface area contributed by atoms with Crippen molar-refractivity contribution in [2.75, 3.05) is 11.9 Å². The highest BCUT2D eigenvalue weighted by Gasteiger charge is 2.04. The number of hydrogen-bond acceptors (Lipinski definition) is 2. The van der Waals surface area contributed by atoms with E-state index in [2.05, 4.69) is 79.5 Å². The van der Waals surface area contributed by atoms with Crippen molar-refractivity contribution in [1.29, 1.82) is 0 Å². The molecule has 0 aliphatic heterocycles. The summed E-state index contributed by atoms with van der Waals surface area (Å²) in [7, 11) is 2.12. The van der Waals surface area contributed by atoms with Gasteiger partial charge in [0.1, 0.15) is 0 Å². The van der Waals surface area contributed by atoms with Crippen molar-refractivity contribution in [2.24, 2.45) is 0 Å². The van der Waals surface area contributed by atoms with Gasteiger partial charge < -0.3 is 4.90 Å². The van der Waals surface area contributed by atoms with Crippen molar-refractivity contribution in [3.63, 3.8) is 0 Å². The van der Waals surface area contributed by atoms with E-state index in [1.165, 1.54) is 20.6 Å². The van der Waals surface area contributed by atoms with Crippen LogP contribution in [-0.2, 0) is 11.9 Å². The molecular formula is C13H13Br2NS. The third kappa shape index (κ3) is 3.57. The van der Waals surface area contributed by atoms with E-state index >= 15 is 0 Å². The fourth-order valence-electron chi connectivity index (χ4n) is 1.63. The molecule has 1 aromatic heterocycles. The SMILES string of the molecule is CN(Cc1csc(Br)c1)c1ccc(CBr)cc1. The predicted octanol–water partition coefficient (Wildman–Crippen LogP) is 5.04. The minimum atomic E-state index is 0.911. The van der Waals surface area contributed by atoms with Crippen molar-refractivity contribution >= 4 is 48.9 Å². The van der Waals surface area contributed by atoms with Gasteiger partial charge in [-0.05, 0) is 50.6 Å². The molecule has 0 aliphatic rings. The molecule has 0 saturated carbocycles. The van der Waals surface area contributed by atoms with Crippen molar-refractivity contribution < 1.29 is 0 Å². The zero-order valence-electron chi connectivity index (χ0n) is 9.49. The second-order valence-corrected chi connectivity index (χ2v) is 6.77. The van der Waals surface area contributed by atoms with Gasteiger partial charge in [-0.2, -0.15) is 0 Å². The van der Waals surface area contributed by atoms with Crippen LogP contribution >= 0.6 is 43.2 Å². The molecule has 0 N–H and O–H groups in total. The lowest BCUT2D eigenvalue weighted by Crippen LogP contribution is -2.15. The Kier molecular flexibility index (Phi) is 4.65. The molecule has 90 valence electrons. The lowest BCUT2D eigenvalue weighted by atomic mass is 10.2. The third-order valence-electron chi connectivity index (χ3n) is 2.57. The van der Waals surface area contributed by atoms with Crippen LogP contribution in [0.2, 0.25) is 0 Å². The molecule has 2 aromatic rings. The summed E-state index contributed by atoms with van der Waals surface area (Å²) >= 11 is 8.68. The summed E-state index contributed by atoms with van der Waals surface area (Å²) < 4.78 is 1.19. The zero-order chi connectivity index (χ0) is 12.3. The largest absolute Gasteiger partial charge is 0.370 e. The van der Waals surface area contributed by atoms with E-state index in [0.29, 0.717) is 0 Å². The van der Waals surface area contributed by atoms with Gasteiger partial charge in [-0.1, -0.05) is 28.1 Å². The number of thiophene rings is 1. The standard InChI is InChI=1S/C13H13Br2NS/c1-16(8-11-6-13(15)17-9-11)12-4-2-10(7-14)3-5-12/h2-6,9H,7-8H2,1H3. The molecule has 0 saturated heterocycles. The normalized spacial score (nSPS) is 10.5. The average Bonchev–Trinajstić information content (AvgIpc) is 2.75. The van der Waals surface area contributed by atoms with Gasteiger partial charge in [0.15, 0.2) is 0 Å². The number of anilines is 1. The summed E-state index contributed by atoms with van der Waals surface area (Å²) in [6.07, 6.45) is 0. The summed E-state index contributed by atoms with van der Waals surface area (Å²) in [6, 6.07) is 10.8. The first kappa shape index (κ1) is 13.1. The first-order valence-electron chi connectivity index (χ1n) is 5.28. The van der Waals surface area contributed by atoms with Crippen LogP contribution in [0.3, 0.4) is 0 Å². The van der Waals surface area contributed by atoms with E-state index in [4.69, 9.17) is 0 Å². The number of alkyl halides is 1. The van der Waals surface area contributed by atoms with E-state index in [1.807, 2.05) is 0 Å². The molecule has 1 aromatic carbocycles. The van der Waals surface area contributed by atoms with Gasteiger partial charge in [-0.25, -0.2) is 0 Å². The molecule has 0 amide bonds. The number of rotatable bonds is 4. The zero-order valence-corrected chi connectivity index (χ0v) is 13.5. The highest BCUT2D eigenvalue weighted by atomic mass is 79.9. The average molecular weight is 375 g/mol. The molecule has 0 atom stereocenters. The summed E-state index contributed by atoms with van der Waals surface area (Å²) in [5.41, 5.74) is 3.89. The molecule has 0 fully saturated rings. The molecular weight excluding hydrogens is 362 g/mol. The fraction of sp³-hybridized carbons (Fsp3) is 0.231. The predicted molar refractivity (Wildman–Crippen MR) is 83.2 cm³/mol. The van der Waals surface area contributed by atoms with Crippen molar-refractivity contribution in [3.8, 4) is 0 Å². The lowest BCUT2D eigenvalue weighted by Gasteiger charge is -2.18. The molecule has 0 radical (unpaired) electrons. The minimum Gasteiger partial charge on any atom is -0.370 e. The Balaban J connectivity index is 2.06. The smallest absolute Gasteiger partial charge is 0.0701 e. The number of halogens is 2. The topological polar surface area (TPSA) is 3.24 Å². The van der Waals surface area contributed by atoms with E-state index in [-0.39, 0.29) is 0 Å². The monoisotopic (exact) mass is 373 g/mol. The van der Waals surface area contributed by atoms with Crippen LogP contribution in [0.4, 0.5) is 5.69 Å². The fourth-order valence-corrected chi connectivity index (χ4v) is 3.21. The molecule has 1 nitrogen and oxygen atoms in total. The Hall–Kier alpha value is -0.320. The Bertz CT molecular complexity index is 478. The summed E-state index contributed by atoms with van der Waals surface area (Å²) in [4.78, 5) is 2.26. The van der Waals surface area contributed by atoms with Crippen LogP contribution < -0.4 is 4.90 Å². The third-order valence-corrected chi connectivity index (χ3v) is 4.77. The van der Waals surface area contributed by atoms with E-state index < -0.39 is 0 Å². The van der Waals surface area contributed by atoms with Crippen LogP contribution in [-0.4, -0.2) is 7.05 Å². The van der Waals surface area contributed by atoms with E-state index in [0.717, 1.165) is 11.9 Å². The second-order valence-electron chi connectivity index (χ2n) is 3.92. The highest BCUT2D eigenvalue weighted by molar-refractivity contribution is 9.11. The van der Waals surface area contributed by atoms with Crippen LogP contribution in [0.15, 0.2) is 39.5 Å². The molecule has 0 aliphatic carbocycles. The molecule has 0 unspecified atom stereocenters.